The summed E-state index contributed by atoms with van der Waals surface area (Å²) < 4.78 is 5.27. The predicted molar refractivity (Wildman–Crippen MR) is 84.6 cm³/mol. The van der Waals surface area contributed by atoms with E-state index in [0.717, 1.165) is 38.6 Å². The third kappa shape index (κ3) is 5.16. The second-order valence-corrected chi connectivity index (χ2v) is 7.25. The van der Waals surface area contributed by atoms with Crippen molar-refractivity contribution >= 4 is 12.0 Å². The number of hydrogen-bond donors (Lipinski definition) is 2. The first kappa shape index (κ1) is 17.1. The third-order valence-corrected chi connectivity index (χ3v) is 4.14. The molecule has 0 spiro atoms. The summed E-state index contributed by atoms with van der Waals surface area (Å²) in [7, 11) is 0. The first-order valence-electron chi connectivity index (χ1n) is 8.37. The molecule has 0 aromatic heterocycles. The summed E-state index contributed by atoms with van der Waals surface area (Å²) in [5.74, 6) is 0.218. The summed E-state index contributed by atoms with van der Waals surface area (Å²) in [5.41, 5.74) is -0.479. The molecule has 2 amide bonds. The quantitative estimate of drug-likeness (QED) is 0.813. The van der Waals surface area contributed by atoms with Crippen LogP contribution in [0.15, 0.2) is 0 Å². The molecular formula is C16H29N3O3. The van der Waals surface area contributed by atoms with Gasteiger partial charge in [-0.25, -0.2) is 4.79 Å². The number of alkyl carbamates (subject to hydrolysis) is 1. The van der Waals surface area contributed by atoms with Gasteiger partial charge in [-0.15, -0.1) is 0 Å². The minimum Gasteiger partial charge on any atom is -0.444 e. The van der Waals surface area contributed by atoms with E-state index >= 15 is 0 Å². The van der Waals surface area contributed by atoms with Crippen molar-refractivity contribution in [1.29, 1.82) is 0 Å². The fourth-order valence-corrected chi connectivity index (χ4v) is 3.00. The van der Waals surface area contributed by atoms with Gasteiger partial charge >= 0.3 is 6.09 Å². The zero-order chi connectivity index (χ0) is 16.2. The van der Waals surface area contributed by atoms with E-state index in [1.807, 2.05) is 25.7 Å². The van der Waals surface area contributed by atoms with E-state index in [1.54, 1.807) is 0 Å². The standard InChI is InChI=1S/C16H29N3O3/c1-16(2,3)22-15(21)18-12-7-10-19(11-8-12)14(20)13-6-4-5-9-17-13/h12-13,17H,4-11H2,1-3H3,(H,18,21). The Balaban J connectivity index is 1.73. The molecule has 126 valence electrons. The van der Waals surface area contributed by atoms with Crippen LogP contribution in [-0.2, 0) is 9.53 Å². The highest BCUT2D eigenvalue weighted by atomic mass is 16.6. The van der Waals surface area contributed by atoms with Gasteiger partial charge in [0, 0.05) is 19.1 Å². The van der Waals surface area contributed by atoms with E-state index in [4.69, 9.17) is 4.74 Å². The molecule has 0 saturated carbocycles. The summed E-state index contributed by atoms with van der Waals surface area (Å²) in [5, 5.41) is 6.20. The molecule has 22 heavy (non-hydrogen) atoms. The number of carbonyl (C=O) groups is 2. The Kier molecular flexibility index (Phi) is 5.67. The van der Waals surface area contributed by atoms with Crippen molar-refractivity contribution in [2.24, 2.45) is 0 Å². The second-order valence-electron chi connectivity index (χ2n) is 7.25. The van der Waals surface area contributed by atoms with Crippen molar-refractivity contribution in [3.05, 3.63) is 0 Å². The number of ether oxygens (including phenoxy) is 1. The second kappa shape index (κ2) is 7.31. The molecule has 2 heterocycles. The molecule has 1 atom stereocenters. The molecule has 2 rings (SSSR count). The maximum Gasteiger partial charge on any atom is 0.407 e. The minimum absolute atomic E-state index is 0.0101. The number of nitrogens with one attached hydrogen (secondary N) is 2. The van der Waals surface area contributed by atoms with Crippen LogP contribution in [0, 0.1) is 0 Å². The highest BCUT2D eigenvalue weighted by molar-refractivity contribution is 5.82. The molecule has 0 aromatic rings. The van der Waals surface area contributed by atoms with Crippen LogP contribution in [-0.4, -0.2) is 54.2 Å². The van der Waals surface area contributed by atoms with Gasteiger partial charge in [-0.3, -0.25) is 4.79 Å². The lowest BCUT2D eigenvalue weighted by molar-refractivity contribution is -0.135. The van der Waals surface area contributed by atoms with E-state index in [9.17, 15) is 9.59 Å². The molecule has 0 radical (unpaired) electrons. The average molecular weight is 311 g/mol. The van der Waals surface area contributed by atoms with Crippen LogP contribution >= 0.6 is 0 Å². The molecule has 2 N–H and O–H groups in total. The van der Waals surface area contributed by atoms with Gasteiger partial charge in [-0.1, -0.05) is 6.42 Å². The predicted octanol–water partition coefficient (Wildman–Crippen LogP) is 1.64. The van der Waals surface area contributed by atoms with Crippen LogP contribution in [0.3, 0.4) is 0 Å². The number of hydrogen-bond acceptors (Lipinski definition) is 4. The largest absolute Gasteiger partial charge is 0.444 e. The lowest BCUT2D eigenvalue weighted by Crippen LogP contribution is -2.53. The Bertz CT molecular complexity index is 392. The maximum absolute atomic E-state index is 12.4. The van der Waals surface area contributed by atoms with Crippen molar-refractivity contribution in [2.45, 2.75) is 70.6 Å². The van der Waals surface area contributed by atoms with Gasteiger partial charge in [-0.05, 0) is 53.0 Å². The average Bonchev–Trinajstić information content (AvgIpc) is 2.46. The Morgan fingerprint density at radius 1 is 1.14 bits per heavy atom. The van der Waals surface area contributed by atoms with Crippen molar-refractivity contribution in [2.75, 3.05) is 19.6 Å². The minimum atomic E-state index is -0.479. The summed E-state index contributed by atoms with van der Waals surface area (Å²) in [6, 6.07) is 0.0855. The molecule has 2 fully saturated rings. The van der Waals surface area contributed by atoms with Gasteiger partial charge in [0.1, 0.15) is 5.60 Å². The van der Waals surface area contributed by atoms with Crippen molar-refractivity contribution in [1.82, 2.24) is 15.5 Å². The van der Waals surface area contributed by atoms with E-state index in [0.29, 0.717) is 13.1 Å². The number of piperidine rings is 2. The Labute approximate surface area is 132 Å². The van der Waals surface area contributed by atoms with Crippen molar-refractivity contribution in [3.63, 3.8) is 0 Å². The number of nitrogens with zero attached hydrogens (tertiary/aromatic N) is 1. The molecular weight excluding hydrogens is 282 g/mol. The van der Waals surface area contributed by atoms with Crippen LogP contribution in [0.5, 0.6) is 0 Å². The molecule has 0 aliphatic carbocycles. The summed E-state index contributed by atoms with van der Waals surface area (Å²) in [6.07, 6.45) is 4.43. The van der Waals surface area contributed by atoms with E-state index in [2.05, 4.69) is 10.6 Å². The fraction of sp³-hybridized carbons (Fsp3) is 0.875. The van der Waals surface area contributed by atoms with E-state index in [-0.39, 0.29) is 24.1 Å². The number of carbonyl (C=O) groups excluding carboxylic acids is 2. The zero-order valence-corrected chi connectivity index (χ0v) is 14.0. The summed E-state index contributed by atoms with van der Waals surface area (Å²) in [4.78, 5) is 26.1. The Morgan fingerprint density at radius 3 is 2.36 bits per heavy atom. The number of likely N-dealkylation sites (tertiary alicyclic amines) is 1. The molecule has 2 saturated heterocycles. The van der Waals surface area contributed by atoms with Crippen LogP contribution in [0.4, 0.5) is 4.79 Å². The number of amides is 2. The summed E-state index contributed by atoms with van der Waals surface area (Å²) in [6.45, 7) is 7.91. The van der Waals surface area contributed by atoms with Gasteiger partial charge in [0.25, 0.3) is 0 Å². The zero-order valence-electron chi connectivity index (χ0n) is 14.0. The molecule has 6 nitrogen and oxygen atoms in total. The van der Waals surface area contributed by atoms with E-state index < -0.39 is 5.60 Å². The van der Waals surface area contributed by atoms with Crippen molar-refractivity contribution < 1.29 is 14.3 Å². The monoisotopic (exact) mass is 311 g/mol. The Hall–Kier alpha value is -1.30. The third-order valence-electron chi connectivity index (χ3n) is 4.14. The smallest absolute Gasteiger partial charge is 0.407 e. The lowest BCUT2D eigenvalue weighted by atomic mass is 10.0. The highest BCUT2D eigenvalue weighted by Crippen LogP contribution is 2.16. The molecule has 2 aliphatic rings. The van der Waals surface area contributed by atoms with Gasteiger partial charge in [0.15, 0.2) is 0 Å². The maximum atomic E-state index is 12.4. The van der Waals surface area contributed by atoms with Gasteiger partial charge in [-0.2, -0.15) is 0 Å². The first-order valence-corrected chi connectivity index (χ1v) is 8.37. The molecule has 0 aromatic carbocycles. The molecule has 0 bridgehead atoms. The highest BCUT2D eigenvalue weighted by Gasteiger charge is 2.30. The Morgan fingerprint density at radius 2 is 1.82 bits per heavy atom. The number of rotatable bonds is 2. The molecule has 2 aliphatic heterocycles. The van der Waals surface area contributed by atoms with Gasteiger partial charge in [0.05, 0.1) is 6.04 Å². The van der Waals surface area contributed by atoms with Gasteiger partial charge in [0.2, 0.25) is 5.91 Å². The van der Waals surface area contributed by atoms with Crippen LogP contribution in [0.1, 0.15) is 52.9 Å². The molecule has 6 heteroatoms. The van der Waals surface area contributed by atoms with Crippen LogP contribution in [0.2, 0.25) is 0 Å². The summed E-state index contributed by atoms with van der Waals surface area (Å²) >= 11 is 0. The first-order chi connectivity index (χ1) is 10.3. The topological polar surface area (TPSA) is 70.7 Å². The fourth-order valence-electron chi connectivity index (χ4n) is 3.00. The van der Waals surface area contributed by atoms with E-state index in [1.165, 1.54) is 0 Å². The molecule has 1 unspecified atom stereocenters. The van der Waals surface area contributed by atoms with Gasteiger partial charge < -0.3 is 20.3 Å². The van der Waals surface area contributed by atoms with Crippen LogP contribution in [0.25, 0.3) is 0 Å². The SMILES string of the molecule is CC(C)(C)OC(=O)NC1CCN(C(=O)C2CCCCN2)CC1. The normalized spacial score (nSPS) is 24.0. The lowest BCUT2D eigenvalue weighted by Gasteiger charge is -2.35. The van der Waals surface area contributed by atoms with Crippen LogP contribution < -0.4 is 10.6 Å². The van der Waals surface area contributed by atoms with Crippen molar-refractivity contribution in [3.8, 4) is 0 Å².